The zero-order valence-electron chi connectivity index (χ0n) is 19.0. The van der Waals surface area contributed by atoms with Gasteiger partial charge in [-0.3, -0.25) is 14.5 Å². The van der Waals surface area contributed by atoms with Crippen LogP contribution in [0, 0.1) is 6.92 Å². The fraction of sp³-hybridized carbons (Fsp3) is 0.280. The highest BCUT2D eigenvalue weighted by Gasteiger charge is 2.37. The van der Waals surface area contributed by atoms with E-state index in [0.29, 0.717) is 27.7 Å². The van der Waals surface area contributed by atoms with Gasteiger partial charge in [-0.2, -0.15) is 0 Å². The molecule has 34 heavy (non-hydrogen) atoms. The topological polar surface area (TPSA) is 71.9 Å². The van der Waals surface area contributed by atoms with Crippen LogP contribution in [0.5, 0.6) is 0 Å². The molecule has 2 aromatic carbocycles. The quantitative estimate of drug-likeness (QED) is 0.381. The number of halogens is 2. The number of thiazole rings is 1. The van der Waals surface area contributed by atoms with Gasteiger partial charge >= 0.3 is 0 Å². The summed E-state index contributed by atoms with van der Waals surface area (Å²) < 4.78 is 0. The van der Waals surface area contributed by atoms with Crippen molar-refractivity contribution in [1.82, 2.24) is 9.88 Å². The molecule has 1 aliphatic rings. The second kappa shape index (κ2) is 9.86. The Balaban J connectivity index is 1.56. The molecule has 2 heterocycles. The number of benzene rings is 2. The fourth-order valence-corrected chi connectivity index (χ4v) is 4.95. The molecule has 0 saturated heterocycles. The number of aromatic nitrogens is 1. The number of rotatable bonds is 6. The lowest BCUT2D eigenvalue weighted by Crippen LogP contribution is -2.36. The van der Waals surface area contributed by atoms with E-state index in [9.17, 15) is 9.59 Å². The summed E-state index contributed by atoms with van der Waals surface area (Å²) in [6.07, 6.45) is 0.744. The maximum Gasteiger partial charge on any atom is 0.261 e. The lowest BCUT2D eigenvalue weighted by molar-refractivity contribution is -0.128. The lowest BCUT2D eigenvalue weighted by Gasteiger charge is -2.22. The molecule has 176 valence electrons. The van der Waals surface area contributed by atoms with Crippen molar-refractivity contribution >= 4 is 52.1 Å². The Labute approximate surface area is 212 Å². The standard InChI is InChI=1S/C25H23Cl2N3O3S/c1-4-23(31)30(12-20-13-34-14-28-20)24(32)21-6-5-16(7-15(21)2)22-11-25(3,33-29-22)17-8-18(26)10-19(27)9-17/h5-10,13-14H,4,11-12H2,1-3H3. The molecule has 0 spiro atoms. The molecule has 2 amide bonds. The van der Waals surface area contributed by atoms with E-state index in [4.69, 9.17) is 28.0 Å². The summed E-state index contributed by atoms with van der Waals surface area (Å²) >= 11 is 13.8. The zero-order chi connectivity index (χ0) is 24.5. The normalized spacial score (nSPS) is 17.3. The van der Waals surface area contributed by atoms with Gasteiger partial charge in [-0.25, -0.2) is 4.98 Å². The highest BCUT2D eigenvalue weighted by Crippen LogP contribution is 2.38. The number of aryl methyl sites for hydroxylation is 1. The first-order valence-corrected chi connectivity index (χ1v) is 12.4. The Morgan fingerprint density at radius 1 is 1.18 bits per heavy atom. The number of hydrogen-bond donors (Lipinski definition) is 0. The van der Waals surface area contributed by atoms with Crippen LogP contribution in [0.3, 0.4) is 0 Å². The predicted molar refractivity (Wildman–Crippen MR) is 135 cm³/mol. The Morgan fingerprint density at radius 2 is 1.91 bits per heavy atom. The monoisotopic (exact) mass is 515 g/mol. The highest BCUT2D eigenvalue weighted by atomic mass is 35.5. The minimum Gasteiger partial charge on any atom is -0.384 e. The number of amides is 2. The van der Waals surface area contributed by atoms with Crippen molar-refractivity contribution in [2.45, 2.75) is 45.8 Å². The summed E-state index contributed by atoms with van der Waals surface area (Å²) in [7, 11) is 0. The highest BCUT2D eigenvalue weighted by molar-refractivity contribution is 7.07. The van der Waals surface area contributed by atoms with Crippen LogP contribution in [0.1, 0.15) is 59.4 Å². The maximum absolute atomic E-state index is 13.3. The van der Waals surface area contributed by atoms with Gasteiger partial charge in [-0.1, -0.05) is 41.3 Å². The fourth-order valence-electron chi connectivity index (χ4n) is 3.88. The van der Waals surface area contributed by atoms with Crippen molar-refractivity contribution in [3.8, 4) is 0 Å². The second-order valence-corrected chi connectivity index (χ2v) is 9.93. The second-order valence-electron chi connectivity index (χ2n) is 8.34. The van der Waals surface area contributed by atoms with Crippen LogP contribution < -0.4 is 0 Å². The van der Waals surface area contributed by atoms with Gasteiger partial charge < -0.3 is 4.84 Å². The largest absolute Gasteiger partial charge is 0.384 e. The van der Waals surface area contributed by atoms with E-state index in [0.717, 1.165) is 22.4 Å². The van der Waals surface area contributed by atoms with Crippen LogP contribution in [0.4, 0.5) is 0 Å². The first kappa shape index (κ1) is 24.4. The van der Waals surface area contributed by atoms with Crippen LogP contribution >= 0.6 is 34.5 Å². The van der Waals surface area contributed by atoms with Gasteiger partial charge in [-0.15, -0.1) is 11.3 Å². The Bertz CT molecular complexity index is 1260. The smallest absolute Gasteiger partial charge is 0.261 e. The predicted octanol–water partition coefficient (Wildman–Crippen LogP) is 6.38. The molecule has 9 heteroatoms. The van der Waals surface area contributed by atoms with Crippen molar-refractivity contribution in [3.05, 3.63) is 85.3 Å². The van der Waals surface area contributed by atoms with Gasteiger partial charge in [-0.05, 0) is 55.3 Å². The third-order valence-corrected chi connectivity index (χ3v) is 6.85. The summed E-state index contributed by atoms with van der Waals surface area (Å²) in [5.74, 6) is -0.585. The number of carbonyl (C=O) groups is 2. The Kier molecular flexibility index (Phi) is 7.07. The molecule has 0 N–H and O–H groups in total. The molecule has 0 bridgehead atoms. The van der Waals surface area contributed by atoms with E-state index in [-0.39, 0.29) is 24.8 Å². The van der Waals surface area contributed by atoms with Gasteiger partial charge in [0, 0.05) is 39.4 Å². The van der Waals surface area contributed by atoms with Crippen LogP contribution in [0.15, 0.2) is 52.4 Å². The first-order valence-electron chi connectivity index (χ1n) is 10.7. The maximum atomic E-state index is 13.3. The molecule has 1 atom stereocenters. The van der Waals surface area contributed by atoms with Gasteiger partial charge in [0.05, 0.1) is 23.5 Å². The number of nitrogens with zero attached hydrogens (tertiary/aromatic N) is 3. The number of imide groups is 1. The first-order chi connectivity index (χ1) is 16.2. The zero-order valence-corrected chi connectivity index (χ0v) is 21.3. The summed E-state index contributed by atoms with van der Waals surface area (Å²) in [6, 6.07) is 10.8. The van der Waals surface area contributed by atoms with E-state index in [1.165, 1.54) is 16.2 Å². The summed E-state index contributed by atoms with van der Waals surface area (Å²) in [5.41, 5.74) is 5.31. The van der Waals surface area contributed by atoms with E-state index < -0.39 is 5.60 Å². The van der Waals surface area contributed by atoms with E-state index in [2.05, 4.69) is 10.1 Å². The average Bonchev–Trinajstić information content (AvgIpc) is 3.46. The van der Waals surface area contributed by atoms with Crippen molar-refractivity contribution in [2.75, 3.05) is 0 Å². The summed E-state index contributed by atoms with van der Waals surface area (Å²) in [5, 5.41) is 7.21. The van der Waals surface area contributed by atoms with Gasteiger partial charge in [0.2, 0.25) is 5.91 Å². The molecular formula is C25H23Cl2N3O3S. The lowest BCUT2D eigenvalue weighted by atomic mass is 9.88. The average molecular weight is 516 g/mol. The van der Waals surface area contributed by atoms with Crippen LogP contribution in [-0.4, -0.2) is 27.4 Å². The third kappa shape index (κ3) is 5.02. The molecule has 1 aromatic heterocycles. The van der Waals surface area contributed by atoms with Crippen LogP contribution in [0.25, 0.3) is 0 Å². The molecule has 0 saturated carbocycles. The molecule has 0 radical (unpaired) electrons. The minimum absolute atomic E-state index is 0.150. The molecule has 1 aliphatic heterocycles. The number of oxime groups is 1. The van der Waals surface area contributed by atoms with Crippen molar-refractivity contribution in [2.24, 2.45) is 5.16 Å². The molecule has 6 nitrogen and oxygen atoms in total. The van der Waals surface area contributed by atoms with Gasteiger partial charge in [0.1, 0.15) is 0 Å². The molecular weight excluding hydrogens is 493 g/mol. The molecule has 0 fully saturated rings. The van der Waals surface area contributed by atoms with E-state index in [1.54, 1.807) is 24.6 Å². The van der Waals surface area contributed by atoms with Crippen molar-refractivity contribution in [1.29, 1.82) is 0 Å². The third-order valence-electron chi connectivity index (χ3n) is 5.78. The molecule has 0 aliphatic carbocycles. The van der Waals surface area contributed by atoms with E-state index >= 15 is 0 Å². The van der Waals surface area contributed by atoms with Crippen LogP contribution in [0.2, 0.25) is 10.0 Å². The number of carbonyl (C=O) groups excluding carboxylic acids is 2. The Morgan fingerprint density at radius 3 is 2.53 bits per heavy atom. The molecule has 3 aromatic rings. The molecule has 4 rings (SSSR count). The minimum atomic E-state index is -0.704. The molecule has 1 unspecified atom stereocenters. The Hall–Kier alpha value is -2.74. The van der Waals surface area contributed by atoms with Crippen LogP contribution in [-0.2, 0) is 21.8 Å². The van der Waals surface area contributed by atoms with Crippen molar-refractivity contribution < 1.29 is 14.4 Å². The summed E-state index contributed by atoms with van der Waals surface area (Å²) in [6.45, 7) is 5.67. The number of hydrogen-bond acceptors (Lipinski definition) is 6. The van der Waals surface area contributed by atoms with Gasteiger partial charge in [0.15, 0.2) is 5.60 Å². The SMILES string of the molecule is CCC(=O)N(Cc1cscn1)C(=O)c1ccc(C2=NOC(C)(c3cc(Cl)cc(Cl)c3)C2)cc1C. The van der Waals surface area contributed by atoms with Crippen molar-refractivity contribution in [3.63, 3.8) is 0 Å². The van der Waals surface area contributed by atoms with Gasteiger partial charge in [0.25, 0.3) is 5.91 Å². The van der Waals surface area contributed by atoms with E-state index in [1.807, 2.05) is 43.5 Å². The summed E-state index contributed by atoms with van der Waals surface area (Å²) in [4.78, 5) is 37.1.